The zero-order valence-corrected chi connectivity index (χ0v) is 8.33. The lowest BCUT2D eigenvalue weighted by molar-refractivity contribution is 0.115. The molecule has 13 heavy (non-hydrogen) atoms. The Balaban J connectivity index is 2.22. The van der Waals surface area contributed by atoms with E-state index in [1.54, 1.807) is 0 Å². The van der Waals surface area contributed by atoms with Gasteiger partial charge < -0.3 is 10.1 Å². The van der Waals surface area contributed by atoms with E-state index in [2.05, 4.69) is 5.32 Å². The van der Waals surface area contributed by atoms with Crippen LogP contribution in [-0.4, -0.2) is 41.8 Å². The van der Waals surface area contributed by atoms with Gasteiger partial charge in [0.1, 0.15) is 6.10 Å². The van der Waals surface area contributed by atoms with Crippen LogP contribution >= 0.6 is 0 Å². The van der Waals surface area contributed by atoms with E-state index in [9.17, 15) is 4.79 Å². The second kappa shape index (κ2) is 2.61. The smallest absolute Gasteiger partial charge is 0.411 e. The molecule has 2 unspecified atom stereocenters. The molecule has 2 saturated heterocycles. The molecule has 0 saturated carbocycles. The Bertz CT molecular complexity index is 234. The average molecular weight is 184 g/mol. The predicted molar refractivity (Wildman–Crippen MR) is 48.5 cm³/mol. The van der Waals surface area contributed by atoms with Crippen LogP contribution in [0.1, 0.15) is 20.8 Å². The molecule has 2 aliphatic heterocycles. The lowest BCUT2D eigenvalue weighted by Crippen LogP contribution is -2.49. The van der Waals surface area contributed by atoms with E-state index < -0.39 is 0 Å². The zero-order chi connectivity index (χ0) is 9.64. The molecule has 1 N–H and O–H groups in total. The molecular formula is C9H16N2O2. The fourth-order valence-electron chi connectivity index (χ4n) is 2.11. The van der Waals surface area contributed by atoms with Crippen molar-refractivity contribution in [1.29, 1.82) is 0 Å². The molecular weight excluding hydrogens is 168 g/mol. The van der Waals surface area contributed by atoms with Gasteiger partial charge in [-0.15, -0.1) is 0 Å². The number of ether oxygens (including phenoxy) is 1. The molecule has 2 heterocycles. The molecule has 0 aromatic rings. The van der Waals surface area contributed by atoms with Gasteiger partial charge >= 0.3 is 6.09 Å². The van der Waals surface area contributed by atoms with Gasteiger partial charge in [-0.3, -0.25) is 4.90 Å². The van der Waals surface area contributed by atoms with Crippen molar-refractivity contribution in [3.05, 3.63) is 0 Å². The highest BCUT2D eigenvalue weighted by Gasteiger charge is 2.48. The number of carbonyl (C=O) groups is 1. The van der Waals surface area contributed by atoms with Crippen LogP contribution in [-0.2, 0) is 4.74 Å². The summed E-state index contributed by atoms with van der Waals surface area (Å²) in [5.74, 6) is 0. The first kappa shape index (κ1) is 8.81. The zero-order valence-electron chi connectivity index (χ0n) is 8.33. The molecule has 0 aromatic heterocycles. The topological polar surface area (TPSA) is 41.6 Å². The van der Waals surface area contributed by atoms with Crippen molar-refractivity contribution in [3.63, 3.8) is 0 Å². The van der Waals surface area contributed by atoms with Crippen molar-refractivity contribution in [3.8, 4) is 0 Å². The minimum Gasteiger partial charge on any atom is -0.442 e. The van der Waals surface area contributed by atoms with Gasteiger partial charge in [0.2, 0.25) is 0 Å². The first-order valence-corrected chi connectivity index (χ1v) is 4.71. The summed E-state index contributed by atoms with van der Waals surface area (Å²) >= 11 is 0. The normalized spacial score (nSPS) is 33.5. The van der Waals surface area contributed by atoms with Gasteiger partial charge in [-0.25, -0.2) is 4.79 Å². The maximum Gasteiger partial charge on any atom is 0.411 e. The van der Waals surface area contributed by atoms with Crippen molar-refractivity contribution in [2.75, 3.05) is 13.1 Å². The summed E-state index contributed by atoms with van der Waals surface area (Å²) in [7, 11) is 0. The second-order valence-corrected chi connectivity index (χ2v) is 4.69. The van der Waals surface area contributed by atoms with Gasteiger partial charge in [0.05, 0.1) is 6.04 Å². The number of hydrogen-bond acceptors (Lipinski definition) is 3. The number of fused-ring (bicyclic) bond motifs is 1. The van der Waals surface area contributed by atoms with E-state index in [0.29, 0.717) is 0 Å². The maximum atomic E-state index is 11.5. The van der Waals surface area contributed by atoms with Gasteiger partial charge in [0.15, 0.2) is 0 Å². The van der Waals surface area contributed by atoms with Crippen LogP contribution in [0.15, 0.2) is 0 Å². The van der Waals surface area contributed by atoms with Crippen molar-refractivity contribution in [2.24, 2.45) is 0 Å². The summed E-state index contributed by atoms with van der Waals surface area (Å²) < 4.78 is 5.25. The average Bonchev–Trinajstić information content (AvgIpc) is 2.41. The Morgan fingerprint density at radius 3 is 2.77 bits per heavy atom. The lowest BCUT2D eigenvalue weighted by atomic mass is 10.0. The van der Waals surface area contributed by atoms with E-state index >= 15 is 0 Å². The molecule has 0 radical (unpaired) electrons. The van der Waals surface area contributed by atoms with Crippen LogP contribution in [0, 0.1) is 0 Å². The van der Waals surface area contributed by atoms with Crippen LogP contribution in [0.3, 0.4) is 0 Å². The fourth-order valence-corrected chi connectivity index (χ4v) is 2.11. The van der Waals surface area contributed by atoms with Gasteiger partial charge in [-0.05, 0) is 20.8 Å². The molecule has 4 heteroatoms. The highest BCUT2D eigenvalue weighted by atomic mass is 16.6. The standard InChI is InChI=1S/C9H16N2O2/c1-9(2,3)11-6-4-10-5-7(6)13-8(11)12/h6-7,10H,4-5H2,1-3H3. The molecule has 4 nitrogen and oxygen atoms in total. The van der Waals surface area contributed by atoms with Crippen LogP contribution < -0.4 is 5.32 Å². The second-order valence-electron chi connectivity index (χ2n) is 4.69. The van der Waals surface area contributed by atoms with E-state index in [4.69, 9.17) is 4.74 Å². The summed E-state index contributed by atoms with van der Waals surface area (Å²) in [6.45, 7) is 7.76. The molecule has 1 amide bonds. The highest BCUT2D eigenvalue weighted by Crippen LogP contribution is 2.29. The molecule has 0 spiro atoms. The molecule has 2 atom stereocenters. The number of carbonyl (C=O) groups excluding carboxylic acids is 1. The van der Waals surface area contributed by atoms with E-state index in [0.717, 1.165) is 13.1 Å². The van der Waals surface area contributed by atoms with Gasteiger partial charge in [0.25, 0.3) is 0 Å². The minimum atomic E-state index is -0.163. The van der Waals surface area contributed by atoms with E-state index in [1.165, 1.54) is 0 Å². The Morgan fingerprint density at radius 2 is 2.15 bits per heavy atom. The minimum absolute atomic E-state index is 0.0618. The molecule has 2 aliphatic rings. The lowest BCUT2D eigenvalue weighted by Gasteiger charge is -2.33. The van der Waals surface area contributed by atoms with Crippen molar-refractivity contribution in [2.45, 2.75) is 38.5 Å². The third kappa shape index (κ3) is 1.29. The van der Waals surface area contributed by atoms with Crippen LogP contribution in [0.2, 0.25) is 0 Å². The Kier molecular flexibility index (Phi) is 1.77. The molecule has 0 bridgehead atoms. The predicted octanol–water partition coefficient (Wildman–Crippen LogP) is 0.577. The fraction of sp³-hybridized carbons (Fsp3) is 0.889. The summed E-state index contributed by atoms with van der Waals surface area (Å²) in [4.78, 5) is 13.4. The Morgan fingerprint density at radius 1 is 1.46 bits per heavy atom. The van der Waals surface area contributed by atoms with Crippen molar-refractivity contribution < 1.29 is 9.53 Å². The monoisotopic (exact) mass is 184 g/mol. The maximum absolute atomic E-state index is 11.5. The van der Waals surface area contributed by atoms with Crippen LogP contribution in [0.4, 0.5) is 4.79 Å². The van der Waals surface area contributed by atoms with Crippen LogP contribution in [0.25, 0.3) is 0 Å². The SMILES string of the molecule is CC(C)(C)N1C(=O)OC2CNCC21. The number of amides is 1. The van der Waals surface area contributed by atoms with Gasteiger partial charge in [-0.2, -0.15) is 0 Å². The van der Waals surface area contributed by atoms with Crippen LogP contribution in [0.5, 0.6) is 0 Å². The van der Waals surface area contributed by atoms with Crippen molar-refractivity contribution >= 4 is 6.09 Å². The van der Waals surface area contributed by atoms with Crippen molar-refractivity contribution in [1.82, 2.24) is 10.2 Å². The van der Waals surface area contributed by atoms with E-state index in [1.807, 2.05) is 25.7 Å². The number of nitrogens with one attached hydrogen (secondary N) is 1. The van der Waals surface area contributed by atoms with Gasteiger partial charge in [0, 0.05) is 18.6 Å². The molecule has 74 valence electrons. The highest BCUT2D eigenvalue weighted by molar-refractivity contribution is 5.72. The summed E-state index contributed by atoms with van der Waals surface area (Å²) in [5.41, 5.74) is -0.136. The molecule has 2 fully saturated rings. The van der Waals surface area contributed by atoms with Gasteiger partial charge in [-0.1, -0.05) is 0 Å². The quantitative estimate of drug-likeness (QED) is 0.598. The largest absolute Gasteiger partial charge is 0.442 e. The van der Waals surface area contributed by atoms with E-state index in [-0.39, 0.29) is 23.8 Å². The third-order valence-corrected chi connectivity index (χ3v) is 2.63. The molecule has 0 aromatic carbocycles. The number of rotatable bonds is 0. The first-order valence-electron chi connectivity index (χ1n) is 4.71. The summed E-state index contributed by atoms with van der Waals surface area (Å²) in [6.07, 6.45) is -0.101. The summed E-state index contributed by atoms with van der Waals surface area (Å²) in [6, 6.07) is 0.229. The number of hydrogen-bond donors (Lipinski definition) is 1. The molecule has 0 aliphatic carbocycles. The number of nitrogens with zero attached hydrogens (tertiary/aromatic N) is 1. The Hall–Kier alpha value is -0.770. The first-order chi connectivity index (χ1) is 6.00. The third-order valence-electron chi connectivity index (χ3n) is 2.63. The molecule has 2 rings (SSSR count). The summed E-state index contributed by atoms with van der Waals surface area (Å²) in [5, 5.41) is 3.23. The Labute approximate surface area is 78.2 Å².